The number of carbonyl (C=O) groups is 1. The van der Waals surface area contributed by atoms with Crippen LogP contribution in [0.2, 0.25) is 0 Å². The van der Waals surface area contributed by atoms with Gasteiger partial charge in [-0.25, -0.2) is 4.98 Å². The van der Waals surface area contributed by atoms with Crippen molar-refractivity contribution >= 4 is 11.7 Å². The summed E-state index contributed by atoms with van der Waals surface area (Å²) in [6, 6.07) is 3.69. The highest BCUT2D eigenvalue weighted by molar-refractivity contribution is 6.03. The van der Waals surface area contributed by atoms with E-state index in [1.165, 1.54) is 6.20 Å². The Morgan fingerprint density at radius 3 is 2.94 bits per heavy atom. The highest BCUT2D eigenvalue weighted by Crippen LogP contribution is 2.07. The van der Waals surface area contributed by atoms with Crippen LogP contribution in [0.15, 0.2) is 30.7 Å². The first-order valence-corrected chi connectivity index (χ1v) is 4.88. The number of amides is 1. The van der Waals surface area contributed by atoms with E-state index in [0.29, 0.717) is 11.4 Å². The lowest BCUT2D eigenvalue weighted by Crippen LogP contribution is -2.12. The van der Waals surface area contributed by atoms with E-state index < -0.39 is 0 Å². The maximum absolute atomic E-state index is 11.7. The van der Waals surface area contributed by atoms with Gasteiger partial charge in [-0.15, -0.1) is 0 Å². The number of anilines is 1. The molecule has 0 saturated carbocycles. The van der Waals surface area contributed by atoms with E-state index in [1.54, 1.807) is 24.1 Å². The van der Waals surface area contributed by atoms with Crippen molar-refractivity contribution in [1.82, 2.24) is 14.8 Å². The smallest absolute Gasteiger partial charge is 0.260 e. The summed E-state index contributed by atoms with van der Waals surface area (Å²) in [4.78, 5) is 15.8. The molecule has 1 N–H and O–H groups in total. The highest BCUT2D eigenvalue weighted by atomic mass is 16.1. The van der Waals surface area contributed by atoms with E-state index in [-0.39, 0.29) is 5.91 Å². The van der Waals surface area contributed by atoms with Gasteiger partial charge in [0.25, 0.3) is 5.91 Å². The normalized spacial score (nSPS) is 10.1. The minimum Gasteiger partial charge on any atom is -0.306 e. The maximum atomic E-state index is 11.7. The van der Waals surface area contributed by atoms with Gasteiger partial charge in [-0.1, -0.05) is 0 Å². The third-order valence-corrected chi connectivity index (χ3v) is 2.12. The number of aromatic nitrogens is 3. The Balaban J connectivity index is 2.13. The van der Waals surface area contributed by atoms with Crippen molar-refractivity contribution in [2.45, 2.75) is 6.92 Å². The van der Waals surface area contributed by atoms with Crippen molar-refractivity contribution < 1.29 is 4.79 Å². The zero-order valence-electron chi connectivity index (χ0n) is 9.14. The van der Waals surface area contributed by atoms with Crippen molar-refractivity contribution in [2.75, 3.05) is 5.32 Å². The zero-order valence-corrected chi connectivity index (χ0v) is 9.14. The van der Waals surface area contributed by atoms with Crippen molar-refractivity contribution in [3.05, 3.63) is 41.9 Å². The van der Waals surface area contributed by atoms with Gasteiger partial charge in [0, 0.05) is 19.4 Å². The maximum Gasteiger partial charge on any atom is 0.260 e. The Labute approximate surface area is 93.1 Å². The number of carbonyl (C=O) groups excluding carboxylic acids is 1. The first kappa shape index (κ1) is 10.4. The van der Waals surface area contributed by atoms with Gasteiger partial charge in [0.15, 0.2) is 0 Å². The van der Waals surface area contributed by atoms with E-state index in [9.17, 15) is 4.79 Å². The van der Waals surface area contributed by atoms with E-state index in [4.69, 9.17) is 0 Å². The predicted octanol–water partition coefficient (Wildman–Crippen LogP) is 1.38. The average Bonchev–Trinajstić information content (AvgIpc) is 2.65. The number of nitrogens with one attached hydrogen (secondary N) is 1. The van der Waals surface area contributed by atoms with Gasteiger partial charge in [-0.05, 0) is 24.6 Å². The molecular weight excluding hydrogens is 204 g/mol. The van der Waals surface area contributed by atoms with Crippen molar-refractivity contribution in [3.8, 4) is 0 Å². The van der Waals surface area contributed by atoms with Crippen LogP contribution in [0.3, 0.4) is 0 Å². The molecule has 0 aliphatic heterocycles. The van der Waals surface area contributed by atoms with Gasteiger partial charge in [0.05, 0.1) is 11.8 Å². The molecule has 0 atom stereocenters. The summed E-state index contributed by atoms with van der Waals surface area (Å²) in [6.07, 6.45) is 4.84. The lowest BCUT2D eigenvalue weighted by atomic mass is 10.3. The zero-order chi connectivity index (χ0) is 11.5. The van der Waals surface area contributed by atoms with E-state index in [2.05, 4.69) is 15.4 Å². The number of nitrogens with zero attached hydrogens (tertiary/aromatic N) is 3. The molecule has 2 rings (SSSR count). The molecule has 0 fully saturated rings. The second-order valence-corrected chi connectivity index (χ2v) is 3.58. The summed E-state index contributed by atoms with van der Waals surface area (Å²) in [7, 11) is 1.77. The monoisotopic (exact) mass is 216 g/mol. The molecule has 2 aromatic heterocycles. The largest absolute Gasteiger partial charge is 0.306 e. The lowest BCUT2D eigenvalue weighted by molar-refractivity contribution is 0.102. The molecule has 0 bridgehead atoms. The second kappa shape index (κ2) is 4.14. The van der Waals surface area contributed by atoms with Gasteiger partial charge in [-0.3, -0.25) is 9.48 Å². The Hall–Kier alpha value is -2.17. The minimum absolute atomic E-state index is 0.203. The molecule has 2 aromatic rings. The average molecular weight is 216 g/mol. The number of aryl methyl sites for hydroxylation is 2. The Morgan fingerprint density at radius 2 is 2.31 bits per heavy atom. The summed E-state index contributed by atoms with van der Waals surface area (Å²) in [5, 5.41) is 6.64. The molecular formula is C11H12N4O. The van der Waals surface area contributed by atoms with E-state index in [1.807, 2.05) is 19.1 Å². The Morgan fingerprint density at radius 1 is 1.50 bits per heavy atom. The third-order valence-electron chi connectivity index (χ3n) is 2.12. The van der Waals surface area contributed by atoms with Crippen molar-refractivity contribution in [2.24, 2.45) is 7.05 Å². The van der Waals surface area contributed by atoms with E-state index in [0.717, 1.165) is 5.56 Å². The molecule has 0 aromatic carbocycles. The molecule has 0 spiro atoms. The van der Waals surface area contributed by atoms with Crippen LogP contribution in [0.1, 0.15) is 15.9 Å². The van der Waals surface area contributed by atoms with Crippen LogP contribution in [0.25, 0.3) is 0 Å². The van der Waals surface area contributed by atoms with Crippen LogP contribution in [0.4, 0.5) is 5.82 Å². The predicted molar refractivity (Wildman–Crippen MR) is 60.1 cm³/mol. The first-order valence-electron chi connectivity index (χ1n) is 4.88. The fourth-order valence-electron chi connectivity index (χ4n) is 1.33. The molecule has 2 heterocycles. The van der Waals surface area contributed by atoms with Crippen LogP contribution in [0.5, 0.6) is 0 Å². The van der Waals surface area contributed by atoms with Crippen LogP contribution in [-0.2, 0) is 7.05 Å². The summed E-state index contributed by atoms with van der Waals surface area (Å²) >= 11 is 0. The van der Waals surface area contributed by atoms with Crippen molar-refractivity contribution in [1.29, 1.82) is 0 Å². The third kappa shape index (κ3) is 2.25. The molecule has 0 radical (unpaired) electrons. The van der Waals surface area contributed by atoms with Gasteiger partial charge >= 0.3 is 0 Å². The minimum atomic E-state index is -0.203. The summed E-state index contributed by atoms with van der Waals surface area (Å²) in [5.41, 5.74) is 1.57. The van der Waals surface area contributed by atoms with Crippen LogP contribution in [-0.4, -0.2) is 20.7 Å². The van der Waals surface area contributed by atoms with Gasteiger partial charge < -0.3 is 5.32 Å². The van der Waals surface area contributed by atoms with Crippen molar-refractivity contribution in [3.63, 3.8) is 0 Å². The summed E-state index contributed by atoms with van der Waals surface area (Å²) < 4.78 is 1.58. The van der Waals surface area contributed by atoms with Gasteiger partial charge in [0.1, 0.15) is 5.82 Å². The molecule has 1 amide bonds. The quantitative estimate of drug-likeness (QED) is 0.824. The number of hydrogen-bond acceptors (Lipinski definition) is 3. The van der Waals surface area contributed by atoms with Gasteiger partial charge in [-0.2, -0.15) is 5.10 Å². The van der Waals surface area contributed by atoms with Crippen LogP contribution < -0.4 is 5.32 Å². The number of pyridine rings is 1. The molecule has 82 valence electrons. The van der Waals surface area contributed by atoms with Crippen LogP contribution in [0, 0.1) is 6.92 Å². The second-order valence-electron chi connectivity index (χ2n) is 3.58. The fourth-order valence-corrected chi connectivity index (χ4v) is 1.33. The first-order chi connectivity index (χ1) is 7.65. The summed E-state index contributed by atoms with van der Waals surface area (Å²) in [6.45, 7) is 1.95. The van der Waals surface area contributed by atoms with Crippen LogP contribution >= 0.6 is 0 Å². The lowest BCUT2D eigenvalue weighted by Gasteiger charge is -2.02. The summed E-state index contributed by atoms with van der Waals surface area (Å²) in [5.74, 6) is 0.347. The standard InChI is InChI=1S/C11H12N4O/c1-8-3-4-12-10(5-8)14-11(16)9-6-13-15(2)7-9/h3-7H,1-2H3,(H,12,14,16). The Kier molecular flexibility index (Phi) is 2.68. The fraction of sp³-hybridized carbons (Fsp3) is 0.182. The van der Waals surface area contributed by atoms with E-state index >= 15 is 0 Å². The highest BCUT2D eigenvalue weighted by Gasteiger charge is 2.08. The SMILES string of the molecule is Cc1ccnc(NC(=O)c2cnn(C)c2)c1. The topological polar surface area (TPSA) is 59.8 Å². The molecule has 16 heavy (non-hydrogen) atoms. The molecule has 5 nitrogen and oxygen atoms in total. The molecule has 0 saturated heterocycles. The molecule has 0 aliphatic carbocycles. The number of rotatable bonds is 2. The molecule has 0 aliphatic rings. The van der Waals surface area contributed by atoms with Gasteiger partial charge in [0.2, 0.25) is 0 Å². The molecule has 5 heteroatoms. The Bertz CT molecular complexity index is 518. The number of hydrogen-bond donors (Lipinski definition) is 1. The molecule has 0 unspecified atom stereocenters.